The Balaban J connectivity index is 1.57. The van der Waals surface area contributed by atoms with Gasteiger partial charge in [0.05, 0.1) is 6.61 Å². The number of guanidine groups is 1. The third-order valence-electron chi connectivity index (χ3n) is 5.72. The van der Waals surface area contributed by atoms with Gasteiger partial charge in [-0.25, -0.2) is 4.99 Å². The van der Waals surface area contributed by atoms with Gasteiger partial charge < -0.3 is 14.5 Å². The quantitative estimate of drug-likeness (QED) is 0.608. The van der Waals surface area contributed by atoms with Crippen LogP contribution in [0.25, 0.3) is 0 Å². The average molecular weight is 421 g/mol. The third-order valence-corrected chi connectivity index (χ3v) is 5.72. The van der Waals surface area contributed by atoms with Crippen molar-refractivity contribution >= 4 is 23.5 Å². The number of anilines is 1. The van der Waals surface area contributed by atoms with Gasteiger partial charge in [0.1, 0.15) is 6.04 Å². The van der Waals surface area contributed by atoms with Gasteiger partial charge in [-0.05, 0) is 31.5 Å². The summed E-state index contributed by atoms with van der Waals surface area (Å²) in [4.78, 5) is 34.8. The number of para-hydroxylation sites is 1. The minimum Gasteiger partial charge on any atom is -0.465 e. The fraction of sp³-hybridized carbons (Fsp3) is 0.375. The molecule has 7 nitrogen and oxygen atoms in total. The third kappa shape index (κ3) is 4.55. The highest BCUT2D eigenvalue weighted by atomic mass is 16.5. The van der Waals surface area contributed by atoms with Crippen LogP contribution < -0.4 is 10.2 Å². The molecule has 162 valence electrons. The van der Waals surface area contributed by atoms with E-state index in [2.05, 4.69) is 27.2 Å². The highest BCUT2D eigenvalue weighted by molar-refractivity contribution is 6.08. The van der Waals surface area contributed by atoms with Crippen LogP contribution in [0.5, 0.6) is 0 Å². The lowest BCUT2D eigenvalue weighted by atomic mass is 9.90. The van der Waals surface area contributed by atoms with Crippen LogP contribution in [-0.4, -0.2) is 55.5 Å². The Kier molecular flexibility index (Phi) is 6.21. The largest absolute Gasteiger partial charge is 0.465 e. The second-order valence-corrected chi connectivity index (χ2v) is 7.84. The number of nitrogens with one attached hydrogen (secondary N) is 1. The zero-order chi connectivity index (χ0) is 21.8. The Morgan fingerprint density at radius 1 is 1.06 bits per heavy atom. The Bertz CT molecular complexity index is 968. The first-order valence-corrected chi connectivity index (χ1v) is 10.7. The predicted molar refractivity (Wildman–Crippen MR) is 120 cm³/mol. The summed E-state index contributed by atoms with van der Waals surface area (Å²) in [6.45, 7) is 7.07. The summed E-state index contributed by atoms with van der Waals surface area (Å²) < 4.78 is 5.19. The predicted octanol–water partition coefficient (Wildman–Crippen LogP) is 2.52. The maximum absolute atomic E-state index is 13.0. The van der Waals surface area contributed by atoms with Gasteiger partial charge in [-0.1, -0.05) is 48.0 Å². The number of aliphatic imine (C=N–C) groups is 1. The van der Waals surface area contributed by atoms with Crippen molar-refractivity contribution in [2.45, 2.75) is 19.9 Å². The van der Waals surface area contributed by atoms with Gasteiger partial charge >= 0.3 is 5.97 Å². The van der Waals surface area contributed by atoms with E-state index in [1.807, 2.05) is 49.4 Å². The van der Waals surface area contributed by atoms with E-state index in [4.69, 9.17) is 9.73 Å². The van der Waals surface area contributed by atoms with Crippen molar-refractivity contribution in [1.29, 1.82) is 0 Å². The molecular formula is C24H28N4O3. The number of ether oxygens (including phenoxy) is 1. The van der Waals surface area contributed by atoms with Gasteiger partial charge in [0.2, 0.25) is 11.9 Å². The monoisotopic (exact) mass is 420 g/mol. The van der Waals surface area contributed by atoms with Crippen LogP contribution in [-0.2, 0) is 14.3 Å². The van der Waals surface area contributed by atoms with E-state index >= 15 is 0 Å². The molecule has 0 bridgehead atoms. The number of esters is 1. The number of amides is 1. The normalized spacial score (nSPS) is 21.4. The van der Waals surface area contributed by atoms with Crippen molar-refractivity contribution in [2.75, 3.05) is 37.7 Å². The lowest BCUT2D eigenvalue weighted by Crippen LogP contribution is -2.57. The van der Waals surface area contributed by atoms with Crippen LogP contribution >= 0.6 is 0 Å². The van der Waals surface area contributed by atoms with E-state index in [1.165, 1.54) is 5.69 Å². The van der Waals surface area contributed by atoms with Gasteiger partial charge in [-0.3, -0.25) is 14.9 Å². The fourth-order valence-electron chi connectivity index (χ4n) is 4.13. The van der Waals surface area contributed by atoms with E-state index in [0.717, 1.165) is 37.3 Å². The molecule has 2 heterocycles. The van der Waals surface area contributed by atoms with Gasteiger partial charge in [0.25, 0.3) is 0 Å². The minimum absolute atomic E-state index is 0.223. The molecular weight excluding hydrogens is 392 g/mol. The van der Waals surface area contributed by atoms with Crippen molar-refractivity contribution in [3.63, 3.8) is 0 Å². The first-order chi connectivity index (χ1) is 15.1. The molecule has 0 unspecified atom stereocenters. The molecule has 2 atom stereocenters. The first kappa shape index (κ1) is 20.9. The highest BCUT2D eigenvalue weighted by Crippen LogP contribution is 2.31. The summed E-state index contributed by atoms with van der Waals surface area (Å²) >= 11 is 0. The number of carbonyl (C=O) groups is 2. The molecule has 7 heteroatoms. The van der Waals surface area contributed by atoms with Crippen molar-refractivity contribution in [3.8, 4) is 0 Å². The zero-order valence-corrected chi connectivity index (χ0v) is 18.0. The fourth-order valence-corrected chi connectivity index (χ4v) is 4.13. The topological polar surface area (TPSA) is 74.2 Å². The minimum atomic E-state index is -0.990. The lowest BCUT2D eigenvalue weighted by Gasteiger charge is -2.39. The molecule has 2 aliphatic heterocycles. The van der Waals surface area contributed by atoms with E-state index < -0.39 is 17.9 Å². The van der Waals surface area contributed by atoms with Crippen LogP contribution in [0.15, 0.2) is 59.6 Å². The number of hydrogen-bond donors (Lipinski definition) is 1. The smallest absolute Gasteiger partial charge is 0.321 e. The standard InChI is InChI=1S/C24H28N4O3/c1-3-31-23(30)20-21(18-9-7-8-17(2)16-18)25-24(26-22(20)29)28-14-12-27(13-15-28)19-10-5-4-6-11-19/h4-11,16,20-21H,3,12-15H2,1-2H3,(H,25,26,29)/t20-,21-/m1/s1. The number of hydrogen-bond acceptors (Lipinski definition) is 6. The molecule has 4 rings (SSSR count). The lowest BCUT2D eigenvalue weighted by molar-refractivity contribution is -0.153. The summed E-state index contributed by atoms with van der Waals surface area (Å²) in [5, 5.41) is 2.86. The number of piperazine rings is 1. The Morgan fingerprint density at radius 3 is 2.45 bits per heavy atom. The molecule has 2 aliphatic rings. The number of rotatable bonds is 4. The Morgan fingerprint density at radius 2 is 1.77 bits per heavy atom. The molecule has 0 aromatic heterocycles. The second kappa shape index (κ2) is 9.20. The van der Waals surface area contributed by atoms with Crippen molar-refractivity contribution in [3.05, 3.63) is 65.7 Å². The zero-order valence-electron chi connectivity index (χ0n) is 18.0. The molecule has 0 spiro atoms. The maximum Gasteiger partial charge on any atom is 0.321 e. The van der Waals surface area contributed by atoms with Crippen LogP contribution in [0.2, 0.25) is 0 Å². The molecule has 0 radical (unpaired) electrons. The van der Waals surface area contributed by atoms with E-state index in [0.29, 0.717) is 5.96 Å². The van der Waals surface area contributed by atoms with E-state index in [9.17, 15) is 9.59 Å². The van der Waals surface area contributed by atoms with E-state index in [-0.39, 0.29) is 12.5 Å². The molecule has 1 amide bonds. The van der Waals surface area contributed by atoms with Crippen molar-refractivity contribution in [2.24, 2.45) is 10.9 Å². The number of benzene rings is 2. The molecule has 1 N–H and O–H groups in total. The molecule has 2 aromatic carbocycles. The van der Waals surface area contributed by atoms with Crippen molar-refractivity contribution < 1.29 is 14.3 Å². The first-order valence-electron chi connectivity index (χ1n) is 10.7. The van der Waals surface area contributed by atoms with Crippen LogP contribution in [0, 0.1) is 12.8 Å². The summed E-state index contributed by atoms with van der Waals surface area (Å²) in [6.07, 6.45) is 0. The highest BCUT2D eigenvalue weighted by Gasteiger charge is 2.42. The average Bonchev–Trinajstić information content (AvgIpc) is 2.79. The van der Waals surface area contributed by atoms with E-state index in [1.54, 1.807) is 6.92 Å². The van der Waals surface area contributed by atoms with Gasteiger partial charge in [-0.2, -0.15) is 0 Å². The second-order valence-electron chi connectivity index (χ2n) is 7.84. The summed E-state index contributed by atoms with van der Waals surface area (Å²) in [6, 6.07) is 17.5. The van der Waals surface area contributed by atoms with Gasteiger partial charge in [-0.15, -0.1) is 0 Å². The Hall–Kier alpha value is -3.35. The summed E-state index contributed by atoms with van der Waals surface area (Å²) in [5.41, 5.74) is 3.09. The molecule has 0 saturated carbocycles. The summed E-state index contributed by atoms with van der Waals surface area (Å²) in [7, 11) is 0. The summed E-state index contributed by atoms with van der Waals surface area (Å²) in [5.74, 6) is -1.36. The Labute approximate surface area is 182 Å². The molecule has 1 fully saturated rings. The molecule has 31 heavy (non-hydrogen) atoms. The number of aryl methyl sites for hydroxylation is 1. The van der Waals surface area contributed by atoms with Crippen LogP contribution in [0.1, 0.15) is 24.1 Å². The van der Waals surface area contributed by atoms with Gasteiger partial charge in [0.15, 0.2) is 5.92 Å². The maximum atomic E-state index is 13.0. The van der Waals surface area contributed by atoms with Crippen molar-refractivity contribution in [1.82, 2.24) is 10.2 Å². The van der Waals surface area contributed by atoms with Gasteiger partial charge in [0, 0.05) is 31.9 Å². The molecule has 1 saturated heterocycles. The molecule has 0 aliphatic carbocycles. The number of carbonyl (C=O) groups excluding carboxylic acids is 2. The van der Waals surface area contributed by atoms with Crippen LogP contribution in [0.3, 0.4) is 0 Å². The van der Waals surface area contributed by atoms with Crippen LogP contribution in [0.4, 0.5) is 5.69 Å². The SMILES string of the molecule is CCOC(=O)[C@H]1C(=O)NC(N2CCN(c3ccccc3)CC2)=N[C@@H]1c1cccc(C)c1. The number of nitrogens with zero attached hydrogens (tertiary/aromatic N) is 3. The molecule has 2 aromatic rings.